The molecule has 3 aliphatic heterocycles. The number of amides is 1. The van der Waals surface area contributed by atoms with E-state index in [0.29, 0.717) is 24.3 Å². The summed E-state index contributed by atoms with van der Waals surface area (Å²) in [5.41, 5.74) is 0. The van der Waals surface area contributed by atoms with Crippen LogP contribution in [0.4, 0.5) is 13.2 Å². The Labute approximate surface area is 235 Å². The van der Waals surface area contributed by atoms with E-state index in [4.69, 9.17) is 16.3 Å². The summed E-state index contributed by atoms with van der Waals surface area (Å²) in [6.07, 6.45) is 2.04. The first-order chi connectivity index (χ1) is 18.7. The number of hydrogen-bond donors (Lipinski definition) is 5. The van der Waals surface area contributed by atoms with Crippen molar-refractivity contribution in [2.75, 3.05) is 19.6 Å². The van der Waals surface area contributed by atoms with Crippen LogP contribution < -0.4 is 26.6 Å². The van der Waals surface area contributed by atoms with Gasteiger partial charge in [0.05, 0.1) is 12.0 Å². The fraction of sp³-hybridized carbons (Fsp3) is 0.964. The zero-order valence-electron chi connectivity index (χ0n) is 23.1. The van der Waals surface area contributed by atoms with Crippen molar-refractivity contribution in [3.05, 3.63) is 0 Å². The van der Waals surface area contributed by atoms with Gasteiger partial charge in [0, 0.05) is 23.5 Å². The minimum atomic E-state index is -4.56. The van der Waals surface area contributed by atoms with E-state index in [1.54, 1.807) is 0 Å². The maximum Gasteiger partial charge on any atom is 0.415 e. The number of hydrogen-bond acceptors (Lipinski definition) is 6. The molecule has 9 atom stereocenters. The lowest BCUT2D eigenvalue weighted by Crippen LogP contribution is -2.66. The highest BCUT2D eigenvalue weighted by atomic mass is 35.5. The molecule has 2 saturated carbocycles. The Kier molecular flexibility index (Phi) is 10.0. The van der Waals surface area contributed by atoms with Gasteiger partial charge in [0.25, 0.3) is 0 Å². The number of alkyl halides is 4. The summed E-state index contributed by atoms with van der Waals surface area (Å²) in [5, 5.41) is 17.6. The van der Waals surface area contributed by atoms with Gasteiger partial charge in [-0.1, -0.05) is 6.92 Å². The van der Waals surface area contributed by atoms with Gasteiger partial charge in [0.2, 0.25) is 5.91 Å². The average molecular weight is 578 g/mol. The highest BCUT2D eigenvalue weighted by Gasteiger charge is 2.55. The molecular formula is C28H47ClF3N5O2. The van der Waals surface area contributed by atoms with Crippen LogP contribution in [0.15, 0.2) is 0 Å². The zero-order chi connectivity index (χ0) is 27.6. The Morgan fingerprint density at radius 1 is 0.974 bits per heavy atom. The minimum absolute atomic E-state index is 0.00532. The molecule has 0 spiro atoms. The van der Waals surface area contributed by atoms with Crippen LogP contribution in [0.1, 0.15) is 77.6 Å². The standard InChI is InChI=1S/C28H47ClF3N5O2/c1-16-4-9-20(13-23(16)37-27-34-12-10-22(36-27)18-3-2-11-33-15-18)35-26(38)21-14-24(39-25(21)28(30,31)32)17-5-7-19(29)8-6-17/h16-25,27,33-34,36-37H,2-15H2,1H3,(H,35,38). The Bertz CT molecular complexity index is 809. The van der Waals surface area contributed by atoms with E-state index in [1.165, 1.54) is 12.8 Å². The lowest BCUT2D eigenvalue weighted by Gasteiger charge is -2.43. The van der Waals surface area contributed by atoms with Gasteiger partial charge in [0.15, 0.2) is 6.10 Å². The molecule has 39 heavy (non-hydrogen) atoms. The van der Waals surface area contributed by atoms with Gasteiger partial charge in [-0.3, -0.25) is 20.7 Å². The van der Waals surface area contributed by atoms with E-state index < -0.39 is 30.2 Å². The van der Waals surface area contributed by atoms with E-state index in [0.717, 1.165) is 64.6 Å². The predicted molar refractivity (Wildman–Crippen MR) is 145 cm³/mol. The second-order valence-corrected chi connectivity index (χ2v) is 13.4. The number of piperidine rings is 1. The van der Waals surface area contributed by atoms with Crippen molar-refractivity contribution in [2.24, 2.45) is 23.7 Å². The molecule has 0 aromatic heterocycles. The summed E-state index contributed by atoms with van der Waals surface area (Å²) in [5.74, 6) is -0.623. The molecule has 0 radical (unpaired) electrons. The lowest BCUT2D eigenvalue weighted by atomic mass is 9.81. The number of halogens is 4. The van der Waals surface area contributed by atoms with Crippen LogP contribution in [0.3, 0.4) is 0 Å². The smallest absolute Gasteiger partial charge is 0.364 e. The third-order valence-corrected chi connectivity index (χ3v) is 10.5. The summed E-state index contributed by atoms with van der Waals surface area (Å²) in [6.45, 7) is 5.31. The first-order valence-electron chi connectivity index (χ1n) is 15.3. The van der Waals surface area contributed by atoms with Gasteiger partial charge in [-0.25, -0.2) is 0 Å². The number of carbonyl (C=O) groups is 1. The number of rotatable bonds is 6. The molecule has 0 aromatic rings. The monoisotopic (exact) mass is 577 g/mol. The van der Waals surface area contributed by atoms with Gasteiger partial charge in [-0.15, -0.1) is 11.6 Å². The summed E-state index contributed by atoms with van der Waals surface area (Å²) >= 11 is 6.20. The molecule has 224 valence electrons. The van der Waals surface area contributed by atoms with Crippen molar-refractivity contribution in [1.29, 1.82) is 0 Å². The van der Waals surface area contributed by atoms with Gasteiger partial charge in [-0.05, 0) is 108 Å². The van der Waals surface area contributed by atoms with Crippen LogP contribution in [-0.4, -0.2) is 73.7 Å². The Balaban J connectivity index is 1.15. The van der Waals surface area contributed by atoms with Gasteiger partial charge >= 0.3 is 6.18 Å². The topological polar surface area (TPSA) is 86.5 Å². The second kappa shape index (κ2) is 13.1. The summed E-state index contributed by atoms with van der Waals surface area (Å²) in [4.78, 5) is 13.3. The van der Waals surface area contributed by atoms with E-state index in [1.807, 2.05) is 0 Å². The second-order valence-electron chi connectivity index (χ2n) is 12.8. The van der Waals surface area contributed by atoms with Crippen molar-refractivity contribution < 1.29 is 22.7 Å². The first-order valence-corrected chi connectivity index (χ1v) is 15.7. The SMILES string of the molecule is CC1CCC(NC(=O)C2CC(C3CCC(Cl)CC3)OC2C(F)(F)F)CC1NC1NCCC(C2CCCNC2)N1. The molecule has 0 bridgehead atoms. The fourth-order valence-corrected chi connectivity index (χ4v) is 7.92. The van der Waals surface area contributed by atoms with Crippen molar-refractivity contribution >= 4 is 17.5 Å². The molecule has 5 N–H and O–H groups in total. The molecule has 5 aliphatic rings. The molecule has 1 amide bonds. The van der Waals surface area contributed by atoms with Gasteiger partial charge in [-0.2, -0.15) is 13.2 Å². The highest BCUT2D eigenvalue weighted by Crippen LogP contribution is 2.43. The number of ether oxygens (including phenoxy) is 1. The molecule has 5 fully saturated rings. The molecule has 3 saturated heterocycles. The molecule has 3 heterocycles. The van der Waals surface area contributed by atoms with Crippen molar-refractivity contribution in [1.82, 2.24) is 26.6 Å². The molecule has 9 unspecified atom stereocenters. The molecule has 11 heteroatoms. The number of carbonyl (C=O) groups excluding carboxylic acids is 1. The maximum atomic E-state index is 13.9. The third-order valence-electron chi connectivity index (χ3n) is 10.1. The largest absolute Gasteiger partial charge is 0.415 e. The van der Waals surface area contributed by atoms with Crippen LogP contribution in [0.5, 0.6) is 0 Å². The molecule has 0 aromatic carbocycles. The van der Waals surface area contributed by atoms with Crippen LogP contribution in [0.2, 0.25) is 0 Å². The van der Waals surface area contributed by atoms with E-state index in [9.17, 15) is 18.0 Å². The quantitative estimate of drug-likeness (QED) is 0.310. The van der Waals surface area contributed by atoms with Crippen LogP contribution in [0, 0.1) is 23.7 Å². The normalized spacial score (nSPS) is 44.2. The fourth-order valence-electron chi connectivity index (χ4n) is 7.66. The summed E-state index contributed by atoms with van der Waals surface area (Å²) in [6, 6.07) is 0.474. The van der Waals surface area contributed by atoms with E-state index >= 15 is 0 Å². The van der Waals surface area contributed by atoms with Crippen molar-refractivity contribution in [3.63, 3.8) is 0 Å². The minimum Gasteiger partial charge on any atom is -0.364 e. The molecule has 5 rings (SSSR count). The first kappa shape index (κ1) is 29.8. The Morgan fingerprint density at radius 2 is 1.77 bits per heavy atom. The Morgan fingerprint density at radius 3 is 2.49 bits per heavy atom. The van der Waals surface area contributed by atoms with Gasteiger partial charge < -0.3 is 15.4 Å². The van der Waals surface area contributed by atoms with E-state index in [-0.39, 0.29) is 36.1 Å². The molecular weight excluding hydrogens is 531 g/mol. The van der Waals surface area contributed by atoms with Crippen LogP contribution >= 0.6 is 11.6 Å². The predicted octanol–water partition coefficient (Wildman–Crippen LogP) is 3.62. The molecule has 2 aliphatic carbocycles. The lowest BCUT2D eigenvalue weighted by molar-refractivity contribution is -0.227. The van der Waals surface area contributed by atoms with Crippen LogP contribution in [0.25, 0.3) is 0 Å². The maximum absolute atomic E-state index is 13.9. The average Bonchev–Trinajstić information content (AvgIpc) is 3.38. The zero-order valence-corrected chi connectivity index (χ0v) is 23.8. The van der Waals surface area contributed by atoms with Crippen molar-refractivity contribution in [2.45, 2.75) is 126 Å². The third kappa shape index (κ3) is 7.60. The Hall–Kier alpha value is -0.650. The highest BCUT2D eigenvalue weighted by molar-refractivity contribution is 6.20. The van der Waals surface area contributed by atoms with Crippen molar-refractivity contribution in [3.8, 4) is 0 Å². The summed E-state index contributed by atoms with van der Waals surface area (Å²) < 4.78 is 47.4. The number of nitrogens with one attached hydrogen (secondary N) is 5. The van der Waals surface area contributed by atoms with Gasteiger partial charge in [0.1, 0.15) is 6.29 Å². The van der Waals surface area contributed by atoms with E-state index in [2.05, 4.69) is 33.5 Å². The van der Waals surface area contributed by atoms with Crippen LogP contribution in [-0.2, 0) is 9.53 Å². The summed E-state index contributed by atoms with van der Waals surface area (Å²) in [7, 11) is 0. The molecule has 7 nitrogen and oxygen atoms in total.